The summed E-state index contributed by atoms with van der Waals surface area (Å²) in [6.07, 6.45) is -0.376. The molecule has 0 bridgehead atoms. The predicted molar refractivity (Wildman–Crippen MR) is 73.8 cm³/mol. The summed E-state index contributed by atoms with van der Waals surface area (Å²) in [6, 6.07) is 6.75. The monoisotopic (exact) mass is 299 g/mol. The van der Waals surface area contributed by atoms with Crippen molar-refractivity contribution < 1.29 is 23.1 Å². The van der Waals surface area contributed by atoms with Gasteiger partial charge in [0.05, 0.1) is 18.4 Å². The van der Waals surface area contributed by atoms with Crippen molar-refractivity contribution in [2.24, 2.45) is 0 Å². The zero-order valence-electron chi connectivity index (χ0n) is 11.2. The average molecular weight is 299 g/mol. The number of nitrogens with zero attached hydrogens (tertiary/aromatic N) is 1. The molecule has 1 aromatic carbocycles. The molecule has 2 rings (SSSR count). The summed E-state index contributed by atoms with van der Waals surface area (Å²) >= 11 is 0. The molecule has 1 aliphatic rings. The van der Waals surface area contributed by atoms with E-state index in [0.717, 1.165) is 0 Å². The number of esters is 1. The zero-order chi connectivity index (χ0) is 14.8. The van der Waals surface area contributed by atoms with Crippen LogP contribution in [0.15, 0.2) is 24.3 Å². The lowest BCUT2D eigenvalue weighted by atomic mass is 10.0. The van der Waals surface area contributed by atoms with E-state index in [1.54, 1.807) is 31.2 Å². The molecule has 0 radical (unpaired) electrons. The Morgan fingerprint density at radius 2 is 2.15 bits per heavy atom. The number of anilines is 1. The normalized spacial score (nSPS) is 18.5. The van der Waals surface area contributed by atoms with Crippen LogP contribution < -0.4 is 4.31 Å². The van der Waals surface area contributed by atoms with E-state index in [1.165, 1.54) is 4.31 Å². The van der Waals surface area contributed by atoms with Gasteiger partial charge in [-0.15, -0.1) is 0 Å². The van der Waals surface area contributed by atoms with Crippen LogP contribution in [0.25, 0.3) is 0 Å². The fraction of sp³-hybridized carbons (Fsp3) is 0.462. The van der Waals surface area contributed by atoms with Crippen LogP contribution in [-0.2, 0) is 19.6 Å². The largest absolute Gasteiger partial charge is 0.465 e. The van der Waals surface area contributed by atoms with Gasteiger partial charge in [0.15, 0.2) is 5.75 Å². The second-order valence-electron chi connectivity index (χ2n) is 4.50. The minimum Gasteiger partial charge on any atom is -0.465 e. The summed E-state index contributed by atoms with van der Waals surface area (Å²) in [4.78, 5) is 11.4. The van der Waals surface area contributed by atoms with Crippen molar-refractivity contribution in [3.8, 4) is 0 Å². The highest BCUT2D eigenvalue weighted by Gasteiger charge is 2.32. The Kier molecular flexibility index (Phi) is 4.29. The van der Waals surface area contributed by atoms with Gasteiger partial charge >= 0.3 is 5.97 Å². The molecule has 7 heteroatoms. The molecule has 0 aromatic heterocycles. The van der Waals surface area contributed by atoms with Crippen LogP contribution in [0.2, 0.25) is 0 Å². The lowest BCUT2D eigenvalue weighted by Crippen LogP contribution is -2.40. The van der Waals surface area contributed by atoms with Crippen LogP contribution in [0.5, 0.6) is 0 Å². The van der Waals surface area contributed by atoms with Crippen LogP contribution in [0, 0.1) is 0 Å². The molecular formula is C13H17NO5S. The third-order valence-electron chi connectivity index (χ3n) is 3.11. The quantitative estimate of drug-likeness (QED) is 0.832. The summed E-state index contributed by atoms with van der Waals surface area (Å²) in [5.41, 5.74) is 0.988. The SMILES string of the molecule is CCOC(=O)CS(=O)(=O)N1CCC(O)c2ccccc21. The van der Waals surface area contributed by atoms with E-state index in [1.807, 2.05) is 0 Å². The van der Waals surface area contributed by atoms with Crippen molar-refractivity contribution in [1.82, 2.24) is 0 Å². The third-order valence-corrected chi connectivity index (χ3v) is 4.76. The van der Waals surface area contributed by atoms with Crippen LogP contribution in [0.3, 0.4) is 0 Å². The molecule has 0 aliphatic carbocycles. The molecule has 1 atom stereocenters. The first-order valence-electron chi connectivity index (χ1n) is 6.38. The van der Waals surface area contributed by atoms with Crippen LogP contribution >= 0.6 is 0 Å². The Morgan fingerprint density at radius 3 is 2.85 bits per heavy atom. The Bertz CT molecular complexity index is 599. The van der Waals surface area contributed by atoms with Crippen molar-refractivity contribution in [2.75, 3.05) is 23.2 Å². The third kappa shape index (κ3) is 2.94. The summed E-state index contributed by atoms with van der Waals surface area (Å²) in [7, 11) is -3.79. The van der Waals surface area contributed by atoms with Gasteiger partial charge in [-0.1, -0.05) is 18.2 Å². The van der Waals surface area contributed by atoms with E-state index in [9.17, 15) is 18.3 Å². The second kappa shape index (κ2) is 5.80. The number of carbonyl (C=O) groups excluding carboxylic acids is 1. The number of benzene rings is 1. The van der Waals surface area contributed by atoms with E-state index < -0.39 is 27.8 Å². The molecule has 1 N–H and O–H groups in total. The molecule has 0 spiro atoms. The number of ether oxygens (including phenoxy) is 1. The first-order valence-corrected chi connectivity index (χ1v) is 7.99. The maximum atomic E-state index is 12.3. The maximum absolute atomic E-state index is 12.3. The molecular weight excluding hydrogens is 282 g/mol. The van der Waals surface area contributed by atoms with E-state index in [4.69, 9.17) is 0 Å². The average Bonchev–Trinajstić information content (AvgIpc) is 2.38. The van der Waals surface area contributed by atoms with E-state index in [-0.39, 0.29) is 13.2 Å². The highest BCUT2D eigenvalue weighted by atomic mass is 32.2. The van der Waals surface area contributed by atoms with Gasteiger partial charge in [-0.05, 0) is 19.4 Å². The molecule has 6 nitrogen and oxygen atoms in total. The van der Waals surface area contributed by atoms with Crippen LogP contribution in [-0.4, -0.2) is 38.4 Å². The molecule has 1 aromatic rings. The van der Waals surface area contributed by atoms with Gasteiger partial charge in [-0.2, -0.15) is 0 Å². The molecule has 0 saturated carbocycles. The Hall–Kier alpha value is -1.60. The fourth-order valence-corrected chi connectivity index (χ4v) is 3.62. The number of rotatable bonds is 4. The van der Waals surface area contributed by atoms with Gasteiger partial charge in [0.2, 0.25) is 10.0 Å². The Labute approximate surface area is 118 Å². The number of aliphatic hydroxyl groups excluding tert-OH is 1. The number of hydrogen-bond donors (Lipinski definition) is 1. The molecule has 1 heterocycles. The van der Waals surface area contributed by atoms with Crippen molar-refractivity contribution >= 4 is 21.7 Å². The molecule has 0 saturated heterocycles. The van der Waals surface area contributed by atoms with Crippen LogP contribution in [0.1, 0.15) is 25.0 Å². The molecule has 110 valence electrons. The Balaban J connectivity index is 2.30. The molecule has 0 fully saturated rings. The predicted octanol–water partition coefficient (Wildman–Crippen LogP) is 0.823. The maximum Gasteiger partial charge on any atom is 0.323 e. The number of hydrogen-bond acceptors (Lipinski definition) is 5. The first kappa shape index (κ1) is 14.8. The Morgan fingerprint density at radius 1 is 1.45 bits per heavy atom. The number of sulfonamides is 1. The van der Waals surface area contributed by atoms with Gasteiger partial charge in [-0.3, -0.25) is 9.10 Å². The van der Waals surface area contributed by atoms with Crippen LogP contribution in [0.4, 0.5) is 5.69 Å². The summed E-state index contributed by atoms with van der Waals surface area (Å²) in [6.45, 7) is 1.92. The minimum atomic E-state index is -3.79. The zero-order valence-corrected chi connectivity index (χ0v) is 12.0. The minimum absolute atomic E-state index is 0.143. The van der Waals surface area contributed by atoms with Crippen molar-refractivity contribution in [3.05, 3.63) is 29.8 Å². The summed E-state index contributed by atoms with van der Waals surface area (Å²) in [5.74, 6) is -1.46. The smallest absolute Gasteiger partial charge is 0.323 e. The van der Waals surface area contributed by atoms with Gasteiger partial charge in [0, 0.05) is 12.1 Å². The number of fused-ring (bicyclic) bond motifs is 1. The van der Waals surface area contributed by atoms with Gasteiger partial charge in [0.25, 0.3) is 0 Å². The molecule has 1 aliphatic heterocycles. The highest BCUT2D eigenvalue weighted by Crippen LogP contribution is 2.35. The lowest BCUT2D eigenvalue weighted by molar-refractivity contribution is -0.139. The van der Waals surface area contributed by atoms with Gasteiger partial charge in [-0.25, -0.2) is 8.42 Å². The van der Waals surface area contributed by atoms with E-state index >= 15 is 0 Å². The highest BCUT2D eigenvalue weighted by molar-refractivity contribution is 7.93. The second-order valence-corrected chi connectivity index (χ2v) is 6.39. The summed E-state index contributed by atoms with van der Waals surface area (Å²) < 4.78 is 30.4. The number of carbonyl (C=O) groups is 1. The lowest BCUT2D eigenvalue weighted by Gasteiger charge is -2.32. The number of para-hydroxylation sites is 1. The van der Waals surface area contributed by atoms with Crippen molar-refractivity contribution in [2.45, 2.75) is 19.4 Å². The van der Waals surface area contributed by atoms with E-state index in [2.05, 4.69) is 4.74 Å². The van der Waals surface area contributed by atoms with Crippen molar-refractivity contribution in [1.29, 1.82) is 0 Å². The van der Waals surface area contributed by atoms with Gasteiger partial charge < -0.3 is 9.84 Å². The number of aliphatic hydroxyl groups is 1. The van der Waals surface area contributed by atoms with E-state index in [0.29, 0.717) is 17.7 Å². The molecule has 0 amide bonds. The summed E-state index contributed by atoms with van der Waals surface area (Å²) in [5, 5.41) is 9.90. The van der Waals surface area contributed by atoms with Crippen molar-refractivity contribution in [3.63, 3.8) is 0 Å². The standard InChI is InChI=1S/C13H17NO5S/c1-2-19-13(16)9-20(17,18)14-8-7-12(15)10-5-3-4-6-11(10)14/h3-6,12,15H,2,7-9H2,1H3. The topological polar surface area (TPSA) is 83.9 Å². The molecule has 20 heavy (non-hydrogen) atoms. The van der Waals surface area contributed by atoms with Gasteiger partial charge in [0.1, 0.15) is 0 Å². The fourth-order valence-electron chi connectivity index (χ4n) is 2.23. The first-order chi connectivity index (χ1) is 9.45. The molecule has 1 unspecified atom stereocenters.